The second kappa shape index (κ2) is 5.04. The van der Waals surface area contributed by atoms with Crippen LogP contribution in [0.5, 0.6) is 0 Å². The van der Waals surface area contributed by atoms with Crippen molar-refractivity contribution in [2.75, 3.05) is 7.11 Å². The maximum absolute atomic E-state index is 12.4. The lowest BCUT2D eigenvalue weighted by atomic mass is 10.3. The lowest BCUT2D eigenvalue weighted by molar-refractivity contribution is -0.0329. The van der Waals surface area contributed by atoms with Crippen LogP contribution in [0.25, 0.3) is 5.65 Å². The van der Waals surface area contributed by atoms with Gasteiger partial charge in [-0.2, -0.15) is 13.2 Å². The summed E-state index contributed by atoms with van der Waals surface area (Å²) in [6.45, 7) is 0. The van der Waals surface area contributed by atoms with Crippen LogP contribution in [0.4, 0.5) is 13.2 Å². The van der Waals surface area contributed by atoms with Gasteiger partial charge in [0.25, 0.3) is 0 Å². The van der Waals surface area contributed by atoms with Crippen LogP contribution < -0.4 is 0 Å². The largest absolute Gasteiger partial charge is 0.465 e. The zero-order valence-electron chi connectivity index (χ0n) is 9.36. The van der Waals surface area contributed by atoms with E-state index < -0.39 is 11.5 Å². The molecular weight excluding hydrogens is 349 g/mol. The second-order valence-electron chi connectivity index (χ2n) is 3.40. The third kappa shape index (κ3) is 3.03. The third-order valence-corrected chi connectivity index (χ3v) is 3.34. The fourth-order valence-corrected chi connectivity index (χ4v) is 2.50. The lowest BCUT2D eigenvalue weighted by Crippen LogP contribution is -2.06. The normalized spacial score (nSPS) is 11.8. The number of ether oxygens (including phenoxy) is 1. The van der Waals surface area contributed by atoms with Gasteiger partial charge in [-0.25, -0.2) is 9.78 Å². The molecule has 9 heteroatoms. The highest BCUT2D eigenvalue weighted by atomic mass is 79.9. The Labute approximate surface area is 118 Å². The molecule has 0 fully saturated rings. The number of carbonyl (C=O) groups is 1. The molecule has 0 bridgehead atoms. The molecule has 2 heterocycles. The summed E-state index contributed by atoms with van der Waals surface area (Å²) in [6.07, 6.45) is 2.47. The zero-order valence-corrected chi connectivity index (χ0v) is 11.8. The van der Waals surface area contributed by atoms with Gasteiger partial charge < -0.3 is 4.74 Å². The minimum atomic E-state index is -4.43. The van der Waals surface area contributed by atoms with Crippen LogP contribution in [0, 0.1) is 0 Å². The van der Waals surface area contributed by atoms with Crippen molar-refractivity contribution in [3.05, 3.63) is 28.5 Å². The molecule has 2 rings (SSSR count). The molecule has 2 aromatic rings. The molecule has 0 aliphatic rings. The summed E-state index contributed by atoms with van der Waals surface area (Å²) in [6, 6.07) is 1.44. The van der Waals surface area contributed by atoms with Crippen molar-refractivity contribution in [2.24, 2.45) is 0 Å². The first-order valence-corrected chi connectivity index (χ1v) is 6.43. The Morgan fingerprint density at radius 2 is 2.21 bits per heavy atom. The van der Waals surface area contributed by atoms with Crippen LogP contribution in [0.15, 0.2) is 28.0 Å². The number of hydrogen-bond acceptors (Lipinski definition) is 4. The molecular formula is C10H6BrF3N2O2S. The first-order valence-electron chi connectivity index (χ1n) is 4.82. The Morgan fingerprint density at radius 1 is 1.53 bits per heavy atom. The van der Waals surface area contributed by atoms with Crippen molar-refractivity contribution in [1.82, 2.24) is 9.38 Å². The fraction of sp³-hybridized carbons (Fsp3) is 0.200. The van der Waals surface area contributed by atoms with Gasteiger partial charge >= 0.3 is 11.5 Å². The molecule has 102 valence electrons. The molecule has 19 heavy (non-hydrogen) atoms. The van der Waals surface area contributed by atoms with Crippen molar-refractivity contribution in [3.8, 4) is 0 Å². The average molecular weight is 355 g/mol. The van der Waals surface area contributed by atoms with Crippen LogP contribution in [-0.2, 0) is 4.74 Å². The van der Waals surface area contributed by atoms with Gasteiger partial charge in [0.2, 0.25) is 0 Å². The average Bonchev–Trinajstić information content (AvgIpc) is 2.68. The van der Waals surface area contributed by atoms with E-state index in [1.807, 2.05) is 0 Å². The lowest BCUT2D eigenvalue weighted by Gasteiger charge is -2.07. The number of aromatic nitrogens is 2. The second-order valence-corrected chi connectivity index (χ2v) is 5.40. The van der Waals surface area contributed by atoms with E-state index in [4.69, 9.17) is 0 Å². The first-order chi connectivity index (χ1) is 8.81. The Kier molecular flexibility index (Phi) is 3.77. The highest BCUT2D eigenvalue weighted by Crippen LogP contribution is 2.37. The number of imidazole rings is 1. The number of methoxy groups -OCH3 is 1. The highest BCUT2D eigenvalue weighted by molar-refractivity contribution is 9.10. The van der Waals surface area contributed by atoms with Crippen molar-refractivity contribution in [3.63, 3.8) is 0 Å². The quantitative estimate of drug-likeness (QED) is 0.611. The maximum atomic E-state index is 12.4. The summed E-state index contributed by atoms with van der Waals surface area (Å²) in [5, 5.41) is -0.131. The molecule has 0 aliphatic heterocycles. The van der Waals surface area contributed by atoms with Gasteiger partial charge in [-0.1, -0.05) is 0 Å². The zero-order chi connectivity index (χ0) is 14.2. The van der Waals surface area contributed by atoms with Crippen LogP contribution >= 0.6 is 27.7 Å². The van der Waals surface area contributed by atoms with Gasteiger partial charge in [0.05, 0.1) is 13.3 Å². The summed E-state index contributed by atoms with van der Waals surface area (Å²) in [7, 11) is 1.19. The molecule has 0 aliphatic carbocycles. The minimum Gasteiger partial charge on any atom is -0.465 e. The maximum Gasteiger partial charge on any atom is 0.447 e. The number of rotatable bonds is 2. The molecule has 0 atom stereocenters. The minimum absolute atomic E-state index is 0.0888. The first kappa shape index (κ1) is 14.2. The van der Waals surface area contributed by atoms with Gasteiger partial charge in [-0.3, -0.25) is 4.40 Å². The van der Waals surface area contributed by atoms with Crippen molar-refractivity contribution >= 4 is 39.3 Å². The topological polar surface area (TPSA) is 43.6 Å². The number of alkyl halides is 3. The van der Waals surface area contributed by atoms with E-state index in [1.165, 1.54) is 23.8 Å². The molecule has 0 amide bonds. The molecule has 0 spiro atoms. The smallest absolute Gasteiger partial charge is 0.447 e. The van der Waals surface area contributed by atoms with Crippen LogP contribution in [0.2, 0.25) is 0 Å². The van der Waals surface area contributed by atoms with Crippen molar-refractivity contribution in [1.29, 1.82) is 0 Å². The Morgan fingerprint density at radius 3 is 2.79 bits per heavy atom. The molecule has 0 unspecified atom stereocenters. The standard InChI is InChI=1S/C10H6BrF3N2O2S/c1-18-9(17)6-2-5(11)4-16-7(3-15-8(6)16)19-10(12,13)14/h2-4H,1H3. The van der Waals surface area contributed by atoms with Crippen molar-refractivity contribution < 1.29 is 22.7 Å². The number of carbonyl (C=O) groups excluding carboxylic acids is 1. The summed E-state index contributed by atoms with van der Waals surface area (Å²) in [4.78, 5) is 15.4. The SMILES string of the molecule is COC(=O)c1cc(Br)cn2c(SC(F)(F)F)cnc12. The van der Waals surface area contributed by atoms with Crippen LogP contribution in [0.1, 0.15) is 10.4 Å². The van der Waals surface area contributed by atoms with Crippen LogP contribution in [-0.4, -0.2) is 28.0 Å². The van der Waals surface area contributed by atoms with E-state index in [0.29, 0.717) is 4.47 Å². The predicted octanol–water partition coefficient (Wildman–Crippen LogP) is 3.50. The number of fused-ring (bicyclic) bond motifs is 1. The Balaban J connectivity index is 2.60. The molecule has 0 saturated carbocycles. The number of hydrogen-bond donors (Lipinski definition) is 0. The summed E-state index contributed by atoms with van der Waals surface area (Å²) < 4.78 is 43.4. The summed E-state index contributed by atoms with van der Waals surface area (Å²) in [5.74, 6) is -0.666. The van der Waals surface area contributed by atoms with Gasteiger partial charge in [0, 0.05) is 22.4 Å². The number of thioether (sulfide) groups is 1. The predicted molar refractivity (Wildman–Crippen MR) is 66.1 cm³/mol. The molecule has 2 aromatic heterocycles. The molecule has 4 nitrogen and oxygen atoms in total. The number of esters is 1. The number of pyridine rings is 1. The molecule has 0 aromatic carbocycles. The summed E-state index contributed by atoms with van der Waals surface area (Å²) >= 11 is 2.83. The van der Waals surface area contributed by atoms with E-state index >= 15 is 0 Å². The Hall–Kier alpha value is -1.22. The van der Waals surface area contributed by atoms with Gasteiger partial charge in [-0.15, -0.1) is 0 Å². The van der Waals surface area contributed by atoms with E-state index in [9.17, 15) is 18.0 Å². The van der Waals surface area contributed by atoms with Gasteiger partial charge in [0.1, 0.15) is 10.6 Å². The Bertz CT molecular complexity index is 641. The number of nitrogens with zero attached hydrogens (tertiary/aromatic N) is 2. The van der Waals surface area contributed by atoms with Gasteiger partial charge in [0.15, 0.2) is 5.65 Å². The number of halogens is 4. The van der Waals surface area contributed by atoms with E-state index in [-0.39, 0.29) is 28.0 Å². The molecule has 0 N–H and O–H groups in total. The molecule has 0 radical (unpaired) electrons. The van der Waals surface area contributed by atoms with Gasteiger partial charge in [-0.05, 0) is 22.0 Å². The fourth-order valence-electron chi connectivity index (χ4n) is 1.49. The van der Waals surface area contributed by atoms with E-state index in [2.05, 4.69) is 25.7 Å². The van der Waals surface area contributed by atoms with Crippen LogP contribution in [0.3, 0.4) is 0 Å². The molecule has 0 saturated heterocycles. The van der Waals surface area contributed by atoms with Crippen molar-refractivity contribution in [2.45, 2.75) is 10.5 Å². The highest BCUT2D eigenvalue weighted by Gasteiger charge is 2.31. The summed E-state index contributed by atoms with van der Waals surface area (Å²) in [5.41, 5.74) is -4.23. The third-order valence-electron chi connectivity index (χ3n) is 2.16. The van der Waals surface area contributed by atoms with E-state index in [1.54, 1.807) is 0 Å². The van der Waals surface area contributed by atoms with E-state index in [0.717, 1.165) is 6.20 Å². The monoisotopic (exact) mass is 354 g/mol.